The summed E-state index contributed by atoms with van der Waals surface area (Å²) in [7, 11) is 1.78. The quantitative estimate of drug-likeness (QED) is 0.346. The second kappa shape index (κ2) is 9.00. The second-order valence-electron chi connectivity index (χ2n) is 4.53. The highest BCUT2D eigenvalue weighted by Crippen LogP contribution is 2.25. The molecule has 2 rings (SSSR count). The molecule has 114 valence electrons. The zero-order valence-corrected chi connectivity index (χ0v) is 15.1. The number of nitrogens with one attached hydrogen (secondary N) is 1. The molecule has 0 bridgehead atoms. The van der Waals surface area contributed by atoms with Crippen molar-refractivity contribution < 1.29 is 0 Å². The molecule has 0 atom stereocenters. The van der Waals surface area contributed by atoms with Gasteiger partial charge in [-0.3, -0.25) is 4.99 Å². The first kappa shape index (κ1) is 17.9. The highest BCUT2D eigenvalue weighted by atomic mass is 127. The molecule has 0 spiro atoms. The van der Waals surface area contributed by atoms with Crippen molar-refractivity contribution >= 4 is 47.2 Å². The van der Waals surface area contributed by atoms with E-state index >= 15 is 0 Å². The molecule has 1 aromatic carbocycles. The third-order valence-corrected chi connectivity index (χ3v) is 3.65. The topological polar surface area (TPSA) is 30.9 Å². The summed E-state index contributed by atoms with van der Waals surface area (Å²) < 4.78 is 0. The summed E-state index contributed by atoms with van der Waals surface area (Å²) in [6, 6.07) is 7.95. The highest BCUT2D eigenvalue weighted by Gasteiger charge is 2.20. The molecule has 1 N–H and O–H groups in total. The Morgan fingerprint density at radius 1 is 1.33 bits per heavy atom. The van der Waals surface area contributed by atoms with E-state index in [2.05, 4.69) is 32.1 Å². The molecule has 0 saturated carbocycles. The van der Waals surface area contributed by atoms with Crippen LogP contribution in [0.3, 0.4) is 0 Å². The molecule has 1 aliphatic rings. The molecule has 0 amide bonds. The SMILES string of the molecule is C#CCNC(=NC)N1CCN(c2ccccc2Cl)CC1.I. The molecule has 1 heterocycles. The normalized spacial score (nSPS) is 15.2. The van der Waals surface area contributed by atoms with Gasteiger partial charge in [0.15, 0.2) is 5.96 Å². The van der Waals surface area contributed by atoms with Crippen LogP contribution in [0.1, 0.15) is 0 Å². The Labute approximate surface area is 148 Å². The number of aliphatic imine (C=N–C) groups is 1. The van der Waals surface area contributed by atoms with Gasteiger partial charge in [-0.05, 0) is 12.1 Å². The van der Waals surface area contributed by atoms with Crippen LogP contribution in [0.2, 0.25) is 5.02 Å². The van der Waals surface area contributed by atoms with Crippen LogP contribution < -0.4 is 10.2 Å². The number of piperazine rings is 1. The van der Waals surface area contributed by atoms with Gasteiger partial charge >= 0.3 is 0 Å². The zero-order valence-electron chi connectivity index (χ0n) is 12.1. The maximum absolute atomic E-state index is 6.24. The van der Waals surface area contributed by atoms with Crippen LogP contribution in [-0.2, 0) is 0 Å². The van der Waals surface area contributed by atoms with E-state index in [4.69, 9.17) is 18.0 Å². The minimum Gasteiger partial charge on any atom is -0.367 e. The van der Waals surface area contributed by atoms with E-state index in [0.29, 0.717) is 6.54 Å². The second-order valence-corrected chi connectivity index (χ2v) is 4.94. The minimum atomic E-state index is 0. The van der Waals surface area contributed by atoms with Crippen LogP contribution in [0.15, 0.2) is 29.3 Å². The van der Waals surface area contributed by atoms with Crippen LogP contribution in [0, 0.1) is 12.3 Å². The minimum absolute atomic E-state index is 0. The number of terminal acetylenes is 1. The largest absolute Gasteiger partial charge is 0.367 e. The first-order valence-corrected chi connectivity index (χ1v) is 7.02. The van der Waals surface area contributed by atoms with Crippen molar-refractivity contribution in [1.29, 1.82) is 0 Å². The Bertz CT molecular complexity index is 519. The molecular formula is C15H20ClIN4. The number of hydrogen-bond donors (Lipinski definition) is 1. The van der Waals surface area contributed by atoms with Gasteiger partial charge in [-0.15, -0.1) is 30.4 Å². The molecule has 6 heteroatoms. The molecule has 1 fully saturated rings. The number of rotatable bonds is 2. The van der Waals surface area contributed by atoms with E-state index in [1.165, 1.54) is 0 Å². The summed E-state index contributed by atoms with van der Waals surface area (Å²) in [6.07, 6.45) is 5.27. The predicted octanol–water partition coefficient (Wildman–Crippen LogP) is 2.29. The fourth-order valence-corrected chi connectivity index (χ4v) is 2.58. The van der Waals surface area contributed by atoms with Crippen molar-refractivity contribution in [3.8, 4) is 12.3 Å². The summed E-state index contributed by atoms with van der Waals surface area (Å²) in [6.45, 7) is 4.13. The molecule has 1 aromatic rings. The van der Waals surface area contributed by atoms with Gasteiger partial charge in [0.2, 0.25) is 0 Å². The van der Waals surface area contributed by atoms with Crippen molar-refractivity contribution in [3.05, 3.63) is 29.3 Å². The van der Waals surface area contributed by atoms with Crippen LogP contribution in [0.5, 0.6) is 0 Å². The molecule has 0 unspecified atom stereocenters. The van der Waals surface area contributed by atoms with Crippen LogP contribution in [0.4, 0.5) is 5.69 Å². The highest BCUT2D eigenvalue weighted by molar-refractivity contribution is 14.0. The smallest absolute Gasteiger partial charge is 0.194 e. The fraction of sp³-hybridized carbons (Fsp3) is 0.400. The summed E-state index contributed by atoms with van der Waals surface area (Å²) in [5.41, 5.74) is 1.10. The van der Waals surface area contributed by atoms with E-state index < -0.39 is 0 Å². The number of anilines is 1. The number of nitrogens with zero attached hydrogens (tertiary/aromatic N) is 3. The third kappa shape index (κ3) is 4.68. The van der Waals surface area contributed by atoms with Gasteiger partial charge in [-0.25, -0.2) is 0 Å². The van der Waals surface area contributed by atoms with E-state index in [9.17, 15) is 0 Å². The lowest BCUT2D eigenvalue weighted by molar-refractivity contribution is 0.374. The number of guanidine groups is 1. The zero-order chi connectivity index (χ0) is 14.4. The van der Waals surface area contributed by atoms with Crippen molar-refractivity contribution in [3.63, 3.8) is 0 Å². The van der Waals surface area contributed by atoms with Crippen LogP contribution >= 0.6 is 35.6 Å². The van der Waals surface area contributed by atoms with Gasteiger partial charge in [0.05, 0.1) is 17.3 Å². The van der Waals surface area contributed by atoms with Crippen LogP contribution in [0.25, 0.3) is 0 Å². The van der Waals surface area contributed by atoms with Crippen molar-refractivity contribution in [2.24, 2.45) is 4.99 Å². The van der Waals surface area contributed by atoms with Gasteiger partial charge in [-0.1, -0.05) is 29.7 Å². The Morgan fingerprint density at radius 3 is 2.57 bits per heavy atom. The van der Waals surface area contributed by atoms with Gasteiger partial charge in [0, 0.05) is 33.2 Å². The Hall–Kier alpha value is -1.13. The van der Waals surface area contributed by atoms with E-state index in [1.54, 1.807) is 7.05 Å². The summed E-state index contributed by atoms with van der Waals surface area (Å²) in [5.74, 6) is 3.43. The number of para-hydroxylation sites is 1. The molecule has 4 nitrogen and oxygen atoms in total. The molecule has 1 saturated heterocycles. The predicted molar refractivity (Wildman–Crippen MR) is 101 cm³/mol. The molecule has 1 aliphatic heterocycles. The monoisotopic (exact) mass is 418 g/mol. The molecule has 0 radical (unpaired) electrons. The van der Waals surface area contributed by atoms with Gasteiger partial charge in [0.1, 0.15) is 0 Å². The average molecular weight is 419 g/mol. The van der Waals surface area contributed by atoms with E-state index in [-0.39, 0.29) is 24.0 Å². The molecule has 0 aromatic heterocycles. The molecular weight excluding hydrogens is 399 g/mol. The van der Waals surface area contributed by atoms with Gasteiger partial charge in [0.25, 0.3) is 0 Å². The van der Waals surface area contributed by atoms with E-state index in [1.807, 2.05) is 18.2 Å². The Balaban J connectivity index is 0.00000220. The van der Waals surface area contributed by atoms with Gasteiger partial charge in [-0.2, -0.15) is 0 Å². The number of hydrogen-bond acceptors (Lipinski definition) is 2. The Kier molecular flexibility index (Phi) is 7.68. The van der Waals surface area contributed by atoms with E-state index in [0.717, 1.165) is 42.8 Å². The van der Waals surface area contributed by atoms with Crippen LogP contribution in [-0.4, -0.2) is 50.6 Å². The number of halogens is 2. The van der Waals surface area contributed by atoms with Crippen molar-refractivity contribution in [1.82, 2.24) is 10.2 Å². The van der Waals surface area contributed by atoms with Gasteiger partial charge < -0.3 is 15.1 Å². The molecule has 21 heavy (non-hydrogen) atoms. The lowest BCUT2D eigenvalue weighted by Gasteiger charge is -2.37. The number of benzene rings is 1. The fourth-order valence-electron chi connectivity index (χ4n) is 2.33. The maximum Gasteiger partial charge on any atom is 0.194 e. The summed E-state index contributed by atoms with van der Waals surface area (Å²) >= 11 is 6.24. The molecule has 0 aliphatic carbocycles. The first-order chi connectivity index (χ1) is 9.76. The lowest BCUT2D eigenvalue weighted by atomic mass is 10.2. The summed E-state index contributed by atoms with van der Waals surface area (Å²) in [4.78, 5) is 8.77. The lowest BCUT2D eigenvalue weighted by Crippen LogP contribution is -2.52. The van der Waals surface area contributed by atoms with Crippen molar-refractivity contribution in [2.75, 3.05) is 44.7 Å². The Morgan fingerprint density at radius 2 is 2.00 bits per heavy atom. The maximum atomic E-state index is 6.24. The van der Waals surface area contributed by atoms with Crippen molar-refractivity contribution in [2.45, 2.75) is 0 Å². The summed E-state index contributed by atoms with van der Waals surface area (Å²) in [5, 5.41) is 3.95. The third-order valence-electron chi connectivity index (χ3n) is 3.33. The first-order valence-electron chi connectivity index (χ1n) is 6.65. The standard InChI is InChI=1S/C15H19ClN4.HI/c1-3-8-18-15(17-2)20-11-9-19(10-12-20)14-7-5-4-6-13(14)16;/h1,4-7H,8-12H2,2H3,(H,17,18);1H. The average Bonchev–Trinajstić information content (AvgIpc) is 2.49.